The van der Waals surface area contributed by atoms with Crippen molar-refractivity contribution in [3.63, 3.8) is 0 Å². The van der Waals surface area contributed by atoms with E-state index in [4.69, 9.17) is 0 Å². The number of carbonyl (C=O) groups is 1. The molecule has 0 amide bonds. The minimum Gasteiger partial charge on any atom is -0.291 e. The zero-order valence-electron chi connectivity index (χ0n) is 12.9. The first kappa shape index (κ1) is 15.6. The number of hydrogen-bond donors (Lipinski definition) is 1. The van der Waals surface area contributed by atoms with Gasteiger partial charge in [-0.15, -0.1) is 15.3 Å². The third-order valence-corrected chi connectivity index (χ3v) is 2.95. The van der Waals surface area contributed by atoms with Gasteiger partial charge in [0.25, 0.3) is 0 Å². The molecule has 22 heavy (non-hydrogen) atoms. The minimum absolute atomic E-state index is 0.0288. The van der Waals surface area contributed by atoms with Gasteiger partial charge < -0.3 is 0 Å². The smallest absolute Gasteiger partial charge is 0.236 e. The summed E-state index contributed by atoms with van der Waals surface area (Å²) in [6.45, 7) is 5.41. The van der Waals surface area contributed by atoms with Gasteiger partial charge >= 0.3 is 0 Å². The van der Waals surface area contributed by atoms with Crippen molar-refractivity contribution in [2.75, 3.05) is 5.43 Å². The van der Waals surface area contributed by atoms with Crippen LogP contribution in [-0.2, 0) is 4.79 Å². The number of amidine groups is 1. The molecule has 0 aliphatic carbocycles. The van der Waals surface area contributed by atoms with Crippen molar-refractivity contribution in [1.82, 2.24) is 0 Å². The number of carbonyl (C=O) groups excluding carboxylic acids is 1. The second kappa shape index (κ2) is 7.26. The number of nitrogens with one attached hydrogen (secondary N) is 1. The average Bonchev–Trinajstić information content (AvgIpc) is 2.50. The lowest BCUT2D eigenvalue weighted by Gasteiger charge is -2.01. The van der Waals surface area contributed by atoms with E-state index in [1.807, 2.05) is 62.4 Å². The lowest BCUT2D eigenvalue weighted by molar-refractivity contribution is -0.111. The summed E-state index contributed by atoms with van der Waals surface area (Å²) < 4.78 is 0. The van der Waals surface area contributed by atoms with Crippen molar-refractivity contribution in [3.8, 4) is 0 Å². The Morgan fingerprint density at radius 3 is 2.00 bits per heavy atom. The number of hydrogen-bond acceptors (Lipinski definition) is 4. The maximum atomic E-state index is 11.6. The fourth-order valence-electron chi connectivity index (χ4n) is 1.63. The molecule has 0 spiro atoms. The number of anilines is 1. The fourth-order valence-corrected chi connectivity index (χ4v) is 1.63. The Balaban J connectivity index is 2.12. The third kappa shape index (κ3) is 4.63. The highest BCUT2D eigenvalue weighted by Crippen LogP contribution is 2.13. The van der Waals surface area contributed by atoms with E-state index in [0.29, 0.717) is 5.69 Å². The number of ketones is 1. The normalized spacial score (nSPS) is 11.7. The van der Waals surface area contributed by atoms with Crippen LogP contribution < -0.4 is 5.43 Å². The topological polar surface area (TPSA) is 66.2 Å². The summed E-state index contributed by atoms with van der Waals surface area (Å²) in [4.78, 5) is 11.6. The second-order valence-electron chi connectivity index (χ2n) is 5.00. The number of azo groups is 1. The van der Waals surface area contributed by atoms with Gasteiger partial charge in [-0.1, -0.05) is 35.4 Å². The van der Waals surface area contributed by atoms with Crippen LogP contribution in [0.3, 0.4) is 0 Å². The van der Waals surface area contributed by atoms with Crippen molar-refractivity contribution in [3.05, 3.63) is 59.7 Å². The van der Waals surface area contributed by atoms with Crippen LogP contribution in [0, 0.1) is 13.8 Å². The van der Waals surface area contributed by atoms with E-state index in [-0.39, 0.29) is 11.6 Å². The Hall–Kier alpha value is -2.82. The Labute approximate surface area is 129 Å². The molecule has 5 nitrogen and oxygen atoms in total. The van der Waals surface area contributed by atoms with Crippen LogP contribution in [0.5, 0.6) is 0 Å². The molecule has 5 heteroatoms. The summed E-state index contributed by atoms with van der Waals surface area (Å²) >= 11 is 0. The average molecular weight is 294 g/mol. The van der Waals surface area contributed by atoms with E-state index in [9.17, 15) is 4.79 Å². The van der Waals surface area contributed by atoms with Gasteiger partial charge in [0, 0.05) is 6.92 Å². The van der Waals surface area contributed by atoms with Gasteiger partial charge in [0.2, 0.25) is 11.6 Å². The third-order valence-electron chi connectivity index (χ3n) is 2.95. The van der Waals surface area contributed by atoms with Gasteiger partial charge in [0.1, 0.15) is 0 Å². The molecule has 2 aromatic rings. The molecule has 0 atom stereocenters. The molecule has 0 unspecified atom stereocenters. The number of nitrogens with zero attached hydrogens (tertiary/aromatic N) is 3. The van der Waals surface area contributed by atoms with Gasteiger partial charge in [-0.25, -0.2) is 0 Å². The second-order valence-corrected chi connectivity index (χ2v) is 5.00. The molecule has 2 aromatic carbocycles. The number of rotatable bonds is 4. The molecule has 2 rings (SSSR count). The summed E-state index contributed by atoms with van der Waals surface area (Å²) in [5.41, 5.74) is 6.57. The highest BCUT2D eigenvalue weighted by Gasteiger charge is 2.04. The summed E-state index contributed by atoms with van der Waals surface area (Å²) in [6.07, 6.45) is 0. The summed E-state index contributed by atoms with van der Waals surface area (Å²) in [5.74, 6) is -0.225. The fraction of sp³-hybridized carbons (Fsp3) is 0.176. The van der Waals surface area contributed by atoms with Crippen LogP contribution in [-0.4, -0.2) is 11.6 Å². The summed E-state index contributed by atoms with van der Waals surface area (Å²) in [7, 11) is 0. The monoisotopic (exact) mass is 294 g/mol. The van der Waals surface area contributed by atoms with Crippen LogP contribution in [0.2, 0.25) is 0 Å². The van der Waals surface area contributed by atoms with E-state index < -0.39 is 0 Å². The number of Topliss-reactive ketones (excluding diaryl/α,β-unsaturated/α-hetero) is 1. The molecule has 0 heterocycles. The molecule has 0 aliphatic rings. The van der Waals surface area contributed by atoms with Gasteiger partial charge in [-0.2, -0.15) is 0 Å². The zero-order valence-corrected chi connectivity index (χ0v) is 12.9. The molecular formula is C17H18N4O. The van der Waals surface area contributed by atoms with Gasteiger partial charge in [0.15, 0.2) is 0 Å². The molecule has 112 valence electrons. The first-order valence-corrected chi connectivity index (χ1v) is 6.94. The standard InChI is InChI=1S/C17H18N4O/c1-12-4-8-15(9-5-12)18-20-17(14(3)22)21-19-16-10-6-13(2)7-11-16/h4-11,18H,1-3H3. The van der Waals surface area contributed by atoms with Crippen molar-refractivity contribution >= 4 is 23.0 Å². The van der Waals surface area contributed by atoms with Gasteiger partial charge in [-0.05, 0) is 38.1 Å². The zero-order chi connectivity index (χ0) is 15.9. The van der Waals surface area contributed by atoms with Gasteiger partial charge in [-0.3, -0.25) is 10.2 Å². The Bertz CT molecular complexity index is 700. The quantitative estimate of drug-likeness (QED) is 0.393. The van der Waals surface area contributed by atoms with Gasteiger partial charge in [0.05, 0.1) is 11.4 Å². The molecular weight excluding hydrogens is 276 g/mol. The summed E-state index contributed by atoms with van der Waals surface area (Å²) in [6, 6.07) is 15.2. The Morgan fingerprint density at radius 1 is 0.909 bits per heavy atom. The SMILES string of the molecule is CC(=O)C(N=Nc1ccc(C)cc1)=NNc1ccc(C)cc1. The minimum atomic E-state index is -0.254. The van der Waals surface area contributed by atoms with Crippen LogP contribution in [0.15, 0.2) is 63.9 Å². The molecule has 0 bridgehead atoms. The van der Waals surface area contributed by atoms with Crippen molar-refractivity contribution in [2.45, 2.75) is 20.8 Å². The van der Waals surface area contributed by atoms with E-state index >= 15 is 0 Å². The Kier molecular flexibility index (Phi) is 5.14. The number of hydrazone groups is 1. The van der Waals surface area contributed by atoms with Crippen molar-refractivity contribution < 1.29 is 4.79 Å². The molecule has 0 aromatic heterocycles. The molecule has 0 aliphatic heterocycles. The predicted octanol–water partition coefficient (Wildman–Crippen LogP) is 4.40. The largest absolute Gasteiger partial charge is 0.291 e. The summed E-state index contributed by atoms with van der Waals surface area (Å²) in [5, 5.41) is 12.0. The highest BCUT2D eigenvalue weighted by atomic mass is 16.1. The van der Waals surface area contributed by atoms with Crippen LogP contribution in [0.25, 0.3) is 0 Å². The molecule has 0 fully saturated rings. The van der Waals surface area contributed by atoms with E-state index in [1.54, 1.807) is 0 Å². The predicted molar refractivity (Wildman–Crippen MR) is 88.6 cm³/mol. The van der Waals surface area contributed by atoms with Crippen LogP contribution in [0.1, 0.15) is 18.1 Å². The first-order chi connectivity index (χ1) is 10.5. The lowest BCUT2D eigenvalue weighted by Crippen LogP contribution is -2.08. The molecule has 0 saturated heterocycles. The van der Waals surface area contributed by atoms with Crippen molar-refractivity contribution in [1.29, 1.82) is 0 Å². The Morgan fingerprint density at radius 2 is 1.45 bits per heavy atom. The molecule has 0 radical (unpaired) electrons. The van der Waals surface area contributed by atoms with E-state index in [2.05, 4.69) is 20.8 Å². The first-order valence-electron chi connectivity index (χ1n) is 6.94. The maximum absolute atomic E-state index is 11.6. The molecule has 1 N–H and O–H groups in total. The van der Waals surface area contributed by atoms with Crippen LogP contribution >= 0.6 is 0 Å². The number of benzene rings is 2. The van der Waals surface area contributed by atoms with E-state index in [0.717, 1.165) is 16.8 Å². The van der Waals surface area contributed by atoms with Crippen LogP contribution in [0.4, 0.5) is 11.4 Å². The highest BCUT2D eigenvalue weighted by molar-refractivity contribution is 6.38. The number of aryl methyl sites for hydroxylation is 2. The maximum Gasteiger partial charge on any atom is 0.236 e. The molecule has 0 saturated carbocycles. The van der Waals surface area contributed by atoms with Crippen molar-refractivity contribution in [2.24, 2.45) is 15.3 Å². The van der Waals surface area contributed by atoms with E-state index in [1.165, 1.54) is 6.92 Å². The lowest BCUT2D eigenvalue weighted by atomic mass is 10.2.